The monoisotopic (exact) mass is 344 g/mol. The third-order valence-electron chi connectivity index (χ3n) is 4.39. The van der Waals surface area contributed by atoms with Crippen molar-refractivity contribution in [3.05, 3.63) is 47.6 Å². The minimum atomic E-state index is -0.550. The van der Waals surface area contributed by atoms with Crippen LogP contribution in [0, 0.1) is 6.92 Å². The first-order valence-corrected chi connectivity index (χ1v) is 8.55. The van der Waals surface area contributed by atoms with Crippen molar-refractivity contribution in [1.82, 2.24) is 19.9 Å². The van der Waals surface area contributed by atoms with Crippen molar-refractivity contribution in [2.75, 3.05) is 33.3 Å². The third kappa shape index (κ3) is 4.43. The summed E-state index contributed by atoms with van der Waals surface area (Å²) in [7, 11) is 1.58. The Hall–Kier alpha value is -2.25. The lowest BCUT2D eigenvalue weighted by molar-refractivity contribution is -0.142. The van der Waals surface area contributed by atoms with Gasteiger partial charge in [-0.1, -0.05) is 35.5 Å². The maximum absolute atomic E-state index is 12.9. The number of ether oxygens (including phenoxy) is 1. The molecule has 0 spiro atoms. The Kier molecular flexibility index (Phi) is 5.78. The molecule has 1 aromatic carbocycles. The molecule has 1 aliphatic rings. The van der Waals surface area contributed by atoms with Crippen LogP contribution < -0.4 is 0 Å². The van der Waals surface area contributed by atoms with Crippen molar-refractivity contribution in [2.45, 2.75) is 26.0 Å². The maximum Gasteiger partial charge on any atom is 0.256 e. The molecule has 0 bridgehead atoms. The van der Waals surface area contributed by atoms with Gasteiger partial charge in [0.15, 0.2) is 11.9 Å². The van der Waals surface area contributed by atoms with Gasteiger partial charge in [0.2, 0.25) is 5.89 Å². The van der Waals surface area contributed by atoms with Gasteiger partial charge in [0.05, 0.1) is 6.54 Å². The van der Waals surface area contributed by atoms with Crippen LogP contribution in [-0.2, 0) is 16.1 Å². The van der Waals surface area contributed by atoms with E-state index in [1.807, 2.05) is 42.2 Å². The summed E-state index contributed by atoms with van der Waals surface area (Å²) in [4.78, 5) is 21.3. The SMILES string of the molecule is CO[C@@H](C(=O)N1CCCN(Cc2nc(C)no2)CC1)c1ccccc1. The van der Waals surface area contributed by atoms with E-state index in [4.69, 9.17) is 9.26 Å². The first-order chi connectivity index (χ1) is 12.2. The van der Waals surface area contributed by atoms with E-state index in [0.29, 0.717) is 24.8 Å². The Labute approximate surface area is 147 Å². The lowest BCUT2D eigenvalue weighted by Crippen LogP contribution is -2.38. The van der Waals surface area contributed by atoms with E-state index >= 15 is 0 Å². The predicted molar refractivity (Wildman–Crippen MR) is 91.7 cm³/mol. The van der Waals surface area contributed by atoms with Crippen LogP contribution in [0.25, 0.3) is 0 Å². The molecule has 0 aliphatic carbocycles. The van der Waals surface area contributed by atoms with Gasteiger partial charge in [0.1, 0.15) is 0 Å². The van der Waals surface area contributed by atoms with Crippen molar-refractivity contribution in [3.63, 3.8) is 0 Å². The summed E-state index contributed by atoms with van der Waals surface area (Å²) < 4.78 is 10.7. The van der Waals surface area contributed by atoms with Gasteiger partial charge in [0, 0.05) is 33.3 Å². The Morgan fingerprint density at radius 2 is 2.04 bits per heavy atom. The number of carbonyl (C=O) groups excluding carboxylic acids is 1. The van der Waals surface area contributed by atoms with E-state index in [2.05, 4.69) is 15.0 Å². The molecule has 7 nitrogen and oxygen atoms in total. The average molecular weight is 344 g/mol. The van der Waals surface area contributed by atoms with Gasteiger partial charge in [-0.15, -0.1) is 0 Å². The van der Waals surface area contributed by atoms with Crippen LogP contribution >= 0.6 is 0 Å². The first-order valence-electron chi connectivity index (χ1n) is 8.55. The minimum Gasteiger partial charge on any atom is -0.367 e. The molecule has 1 aromatic heterocycles. The maximum atomic E-state index is 12.9. The molecule has 0 N–H and O–H groups in total. The highest BCUT2D eigenvalue weighted by Gasteiger charge is 2.27. The van der Waals surface area contributed by atoms with E-state index in [1.165, 1.54) is 0 Å². The molecule has 25 heavy (non-hydrogen) atoms. The smallest absolute Gasteiger partial charge is 0.256 e. The van der Waals surface area contributed by atoms with E-state index in [-0.39, 0.29) is 5.91 Å². The molecule has 7 heteroatoms. The van der Waals surface area contributed by atoms with Crippen molar-refractivity contribution in [2.24, 2.45) is 0 Å². The second kappa shape index (κ2) is 8.22. The van der Waals surface area contributed by atoms with Crippen LogP contribution in [0.3, 0.4) is 0 Å². The fourth-order valence-electron chi connectivity index (χ4n) is 3.12. The number of benzene rings is 1. The van der Waals surface area contributed by atoms with Crippen molar-refractivity contribution in [1.29, 1.82) is 0 Å². The number of aryl methyl sites for hydroxylation is 1. The van der Waals surface area contributed by atoms with E-state index < -0.39 is 6.10 Å². The van der Waals surface area contributed by atoms with Crippen LogP contribution in [0.1, 0.15) is 29.8 Å². The molecule has 134 valence electrons. The summed E-state index contributed by atoms with van der Waals surface area (Å²) in [5, 5.41) is 3.82. The molecular weight excluding hydrogens is 320 g/mol. The largest absolute Gasteiger partial charge is 0.367 e. The standard InChI is InChI=1S/C18H24N4O3/c1-14-19-16(25-20-14)13-21-9-6-10-22(12-11-21)18(23)17(24-2)15-7-4-3-5-8-15/h3-5,7-8,17H,6,9-13H2,1-2H3/t17-/m1/s1. The van der Waals surface area contributed by atoms with Crippen LogP contribution in [-0.4, -0.2) is 59.1 Å². The normalized spacial score (nSPS) is 17.3. The molecule has 1 amide bonds. The summed E-state index contributed by atoms with van der Waals surface area (Å²) in [6.07, 6.45) is 0.357. The second-order valence-corrected chi connectivity index (χ2v) is 6.22. The molecule has 0 radical (unpaired) electrons. The molecule has 3 rings (SSSR count). The lowest BCUT2D eigenvalue weighted by Gasteiger charge is -2.25. The molecule has 0 unspecified atom stereocenters. The number of methoxy groups -OCH3 is 1. The van der Waals surface area contributed by atoms with Crippen molar-refractivity contribution >= 4 is 5.91 Å². The van der Waals surface area contributed by atoms with Gasteiger partial charge in [-0.05, 0) is 18.9 Å². The Bertz CT molecular complexity index is 689. The zero-order valence-corrected chi connectivity index (χ0v) is 14.7. The number of carbonyl (C=O) groups is 1. The summed E-state index contributed by atoms with van der Waals surface area (Å²) >= 11 is 0. The fourth-order valence-corrected chi connectivity index (χ4v) is 3.12. The predicted octanol–water partition coefficient (Wildman–Crippen LogP) is 1.80. The van der Waals surface area contributed by atoms with Crippen molar-refractivity contribution in [3.8, 4) is 0 Å². The topological polar surface area (TPSA) is 71.7 Å². The average Bonchev–Trinajstić information content (AvgIpc) is 2.89. The Morgan fingerprint density at radius 1 is 1.24 bits per heavy atom. The number of rotatable bonds is 5. The van der Waals surface area contributed by atoms with Gasteiger partial charge in [-0.3, -0.25) is 9.69 Å². The van der Waals surface area contributed by atoms with Crippen LogP contribution in [0.15, 0.2) is 34.9 Å². The number of hydrogen-bond donors (Lipinski definition) is 0. The molecule has 2 heterocycles. The van der Waals surface area contributed by atoms with Crippen LogP contribution in [0.4, 0.5) is 0 Å². The van der Waals surface area contributed by atoms with E-state index in [9.17, 15) is 4.79 Å². The molecule has 1 aliphatic heterocycles. The number of aromatic nitrogens is 2. The molecule has 0 saturated carbocycles. The highest BCUT2D eigenvalue weighted by Crippen LogP contribution is 2.20. The highest BCUT2D eigenvalue weighted by atomic mass is 16.5. The fraction of sp³-hybridized carbons (Fsp3) is 0.500. The highest BCUT2D eigenvalue weighted by molar-refractivity contribution is 5.82. The van der Waals surface area contributed by atoms with E-state index in [1.54, 1.807) is 7.11 Å². The molecular formula is C18H24N4O3. The van der Waals surface area contributed by atoms with Gasteiger partial charge < -0.3 is 14.2 Å². The van der Waals surface area contributed by atoms with Gasteiger partial charge in [-0.25, -0.2) is 0 Å². The van der Waals surface area contributed by atoms with Gasteiger partial charge >= 0.3 is 0 Å². The van der Waals surface area contributed by atoms with Crippen molar-refractivity contribution < 1.29 is 14.1 Å². The minimum absolute atomic E-state index is 0.0178. The van der Waals surface area contributed by atoms with E-state index in [0.717, 1.165) is 31.6 Å². The number of amides is 1. The molecule has 1 fully saturated rings. The van der Waals surface area contributed by atoms with Crippen LogP contribution in [0.5, 0.6) is 0 Å². The van der Waals surface area contributed by atoms with Crippen LogP contribution in [0.2, 0.25) is 0 Å². The lowest BCUT2D eigenvalue weighted by atomic mass is 10.1. The quantitative estimate of drug-likeness (QED) is 0.824. The summed E-state index contributed by atoms with van der Waals surface area (Å²) in [6, 6.07) is 9.63. The summed E-state index contributed by atoms with van der Waals surface area (Å²) in [5.41, 5.74) is 0.887. The second-order valence-electron chi connectivity index (χ2n) is 6.22. The molecule has 1 atom stereocenters. The zero-order valence-electron chi connectivity index (χ0n) is 14.7. The summed E-state index contributed by atoms with van der Waals surface area (Å²) in [5.74, 6) is 1.29. The number of hydrogen-bond acceptors (Lipinski definition) is 6. The van der Waals surface area contributed by atoms with Gasteiger partial charge in [0.25, 0.3) is 5.91 Å². The Morgan fingerprint density at radius 3 is 2.72 bits per heavy atom. The summed E-state index contributed by atoms with van der Waals surface area (Å²) in [6.45, 7) is 5.50. The van der Waals surface area contributed by atoms with Gasteiger partial charge in [-0.2, -0.15) is 4.98 Å². The third-order valence-corrected chi connectivity index (χ3v) is 4.39. The zero-order chi connectivity index (χ0) is 17.6. The Balaban J connectivity index is 1.61. The first kappa shape index (κ1) is 17.6. The number of nitrogens with zero attached hydrogens (tertiary/aromatic N) is 4. The molecule has 2 aromatic rings. The molecule has 1 saturated heterocycles.